The number of rotatable bonds is 5. The second-order valence-corrected chi connectivity index (χ2v) is 7.12. The zero-order valence-corrected chi connectivity index (χ0v) is 15.7. The van der Waals surface area contributed by atoms with E-state index in [1.807, 2.05) is 37.3 Å². The van der Waals surface area contributed by atoms with Gasteiger partial charge in [0.1, 0.15) is 6.54 Å². The highest BCUT2D eigenvalue weighted by Crippen LogP contribution is 2.19. The second kappa shape index (κ2) is 7.90. The Bertz CT molecular complexity index is 1050. The topological polar surface area (TPSA) is 86.1 Å². The maximum atomic E-state index is 12.6. The van der Waals surface area contributed by atoms with Crippen molar-refractivity contribution in [3.05, 3.63) is 70.4 Å². The van der Waals surface area contributed by atoms with Gasteiger partial charge >= 0.3 is 0 Å². The predicted octanol–water partition coefficient (Wildman–Crippen LogP) is 1.47. The average molecular weight is 378 g/mol. The van der Waals surface area contributed by atoms with E-state index in [9.17, 15) is 9.59 Å². The molecule has 1 amide bonds. The molecule has 0 bridgehead atoms. The second-order valence-electron chi connectivity index (χ2n) is 7.12. The molecule has 0 radical (unpaired) electrons. The third-order valence-corrected chi connectivity index (χ3v) is 5.14. The molecule has 7 nitrogen and oxygen atoms in total. The van der Waals surface area contributed by atoms with E-state index < -0.39 is 0 Å². The van der Waals surface area contributed by atoms with Crippen LogP contribution in [0.25, 0.3) is 10.8 Å². The summed E-state index contributed by atoms with van der Waals surface area (Å²) in [6.07, 6.45) is 4.33. The monoisotopic (exact) mass is 378 g/mol. The summed E-state index contributed by atoms with van der Waals surface area (Å²) in [6, 6.07) is 11.2. The van der Waals surface area contributed by atoms with Crippen molar-refractivity contribution < 1.29 is 9.53 Å². The van der Waals surface area contributed by atoms with Gasteiger partial charge in [-0.15, -0.1) is 0 Å². The maximum Gasteiger partial charge on any atom is 0.275 e. The molecule has 4 rings (SSSR count). The third kappa shape index (κ3) is 3.80. The molecule has 0 spiro atoms. The average Bonchev–Trinajstić information content (AvgIpc) is 3.13. The van der Waals surface area contributed by atoms with Gasteiger partial charge in [-0.1, -0.05) is 18.2 Å². The first-order valence-corrected chi connectivity index (χ1v) is 9.34. The fourth-order valence-corrected chi connectivity index (χ4v) is 3.68. The van der Waals surface area contributed by atoms with Crippen molar-refractivity contribution in [2.75, 3.05) is 13.2 Å². The number of aromatic nitrogens is 3. The lowest BCUT2D eigenvalue weighted by molar-refractivity contribution is -0.122. The number of aryl methyl sites for hydroxylation is 1. The lowest BCUT2D eigenvalue weighted by Gasteiger charge is -2.19. The van der Waals surface area contributed by atoms with Gasteiger partial charge in [0.05, 0.1) is 30.3 Å². The Hall–Kier alpha value is -3.06. The van der Waals surface area contributed by atoms with Crippen molar-refractivity contribution in [1.82, 2.24) is 20.1 Å². The van der Waals surface area contributed by atoms with Gasteiger partial charge in [0.25, 0.3) is 5.56 Å². The Balaban J connectivity index is 1.46. The van der Waals surface area contributed by atoms with Crippen LogP contribution in [0.2, 0.25) is 0 Å². The zero-order valence-electron chi connectivity index (χ0n) is 15.7. The Morgan fingerprint density at radius 1 is 1.18 bits per heavy atom. The summed E-state index contributed by atoms with van der Waals surface area (Å²) in [4.78, 5) is 29.3. The van der Waals surface area contributed by atoms with Crippen LogP contribution in [0.1, 0.15) is 11.3 Å². The normalized spacial score (nSPS) is 19.0. The van der Waals surface area contributed by atoms with Crippen molar-refractivity contribution >= 4 is 16.7 Å². The molecule has 2 atom stereocenters. The van der Waals surface area contributed by atoms with Crippen LogP contribution in [-0.2, 0) is 22.5 Å². The molecule has 28 heavy (non-hydrogen) atoms. The first kappa shape index (κ1) is 18.3. The molecule has 1 fully saturated rings. The molecule has 1 aliphatic rings. The van der Waals surface area contributed by atoms with Crippen LogP contribution in [0.3, 0.4) is 0 Å². The lowest BCUT2D eigenvalue weighted by Crippen LogP contribution is -2.43. The van der Waals surface area contributed by atoms with E-state index in [0.717, 1.165) is 23.1 Å². The van der Waals surface area contributed by atoms with Crippen LogP contribution in [0, 0.1) is 12.8 Å². The lowest BCUT2D eigenvalue weighted by atomic mass is 9.95. The van der Waals surface area contributed by atoms with Gasteiger partial charge < -0.3 is 10.1 Å². The summed E-state index contributed by atoms with van der Waals surface area (Å²) < 4.78 is 6.82. The van der Waals surface area contributed by atoms with E-state index in [1.54, 1.807) is 18.5 Å². The van der Waals surface area contributed by atoms with E-state index in [-0.39, 0.29) is 30.0 Å². The van der Waals surface area contributed by atoms with Crippen LogP contribution < -0.4 is 10.9 Å². The van der Waals surface area contributed by atoms with Gasteiger partial charge in [-0.2, -0.15) is 5.10 Å². The molecule has 0 unspecified atom stereocenters. The molecular formula is C21H22N4O3. The quantitative estimate of drug-likeness (QED) is 0.727. The highest BCUT2D eigenvalue weighted by Gasteiger charge is 2.29. The van der Waals surface area contributed by atoms with Gasteiger partial charge in [-0.05, 0) is 37.1 Å². The van der Waals surface area contributed by atoms with Gasteiger partial charge in [0.2, 0.25) is 5.91 Å². The summed E-state index contributed by atoms with van der Waals surface area (Å²) in [7, 11) is 0. The van der Waals surface area contributed by atoms with Gasteiger partial charge in [-0.3, -0.25) is 14.6 Å². The van der Waals surface area contributed by atoms with Crippen molar-refractivity contribution in [3.8, 4) is 0 Å². The highest BCUT2D eigenvalue weighted by atomic mass is 16.5. The van der Waals surface area contributed by atoms with Gasteiger partial charge in [-0.25, -0.2) is 4.68 Å². The molecule has 0 aliphatic carbocycles. The van der Waals surface area contributed by atoms with E-state index in [0.29, 0.717) is 18.6 Å². The number of pyridine rings is 1. The summed E-state index contributed by atoms with van der Waals surface area (Å²) in [5.74, 6) is -0.0473. The van der Waals surface area contributed by atoms with Gasteiger partial charge in [0, 0.05) is 23.7 Å². The SMILES string of the molecule is Cc1nn(CC(=O)N[C@@H]2COC[C@H]2Cc2ccncc2)c(=O)c2ccccc12. The Labute approximate surface area is 162 Å². The van der Waals surface area contributed by atoms with Crippen LogP contribution in [-0.4, -0.2) is 39.9 Å². The molecule has 144 valence electrons. The van der Waals surface area contributed by atoms with Crippen molar-refractivity contribution in [3.63, 3.8) is 0 Å². The summed E-state index contributed by atoms with van der Waals surface area (Å²) in [5.41, 5.74) is 1.63. The number of carbonyl (C=O) groups excluding carboxylic acids is 1. The molecule has 0 saturated carbocycles. The summed E-state index contributed by atoms with van der Waals surface area (Å²) in [5, 5.41) is 8.70. The van der Waals surface area contributed by atoms with Gasteiger partial charge in [0.15, 0.2) is 0 Å². The molecule has 7 heteroatoms. The number of fused-ring (bicyclic) bond motifs is 1. The van der Waals surface area contributed by atoms with Crippen LogP contribution in [0.15, 0.2) is 53.6 Å². The minimum atomic E-state index is -0.257. The molecule has 1 N–H and O–H groups in total. The first-order valence-electron chi connectivity index (χ1n) is 9.34. The Morgan fingerprint density at radius 3 is 2.71 bits per heavy atom. The molecule has 3 aromatic rings. The molecule has 1 saturated heterocycles. The number of carbonyl (C=O) groups is 1. The summed E-state index contributed by atoms with van der Waals surface area (Å²) >= 11 is 0. The number of nitrogens with one attached hydrogen (secondary N) is 1. The molecule has 3 heterocycles. The fourth-order valence-electron chi connectivity index (χ4n) is 3.68. The number of hydrogen-bond donors (Lipinski definition) is 1. The fraction of sp³-hybridized carbons (Fsp3) is 0.333. The van der Waals surface area contributed by atoms with Crippen molar-refractivity contribution in [2.24, 2.45) is 5.92 Å². The predicted molar refractivity (Wildman–Crippen MR) is 105 cm³/mol. The minimum Gasteiger partial charge on any atom is -0.379 e. The molecule has 2 aromatic heterocycles. The minimum absolute atomic E-state index is 0.0853. The first-order chi connectivity index (χ1) is 13.6. The zero-order chi connectivity index (χ0) is 19.5. The number of hydrogen-bond acceptors (Lipinski definition) is 5. The van der Waals surface area contributed by atoms with E-state index in [2.05, 4.69) is 15.4 Å². The largest absolute Gasteiger partial charge is 0.379 e. The maximum absolute atomic E-state index is 12.6. The van der Waals surface area contributed by atoms with E-state index in [4.69, 9.17) is 4.74 Å². The Morgan fingerprint density at radius 2 is 1.93 bits per heavy atom. The van der Waals surface area contributed by atoms with Crippen LogP contribution >= 0.6 is 0 Å². The smallest absolute Gasteiger partial charge is 0.275 e. The standard InChI is InChI=1S/C21H22N4O3/c1-14-17-4-2-3-5-18(17)21(27)25(24-14)11-20(26)23-19-13-28-12-16(19)10-15-6-8-22-9-7-15/h2-9,16,19H,10-13H2,1H3,(H,23,26)/t16-,19-/m1/s1. The molecule has 1 aliphatic heterocycles. The molecular weight excluding hydrogens is 356 g/mol. The molecule has 1 aromatic carbocycles. The summed E-state index contributed by atoms with van der Waals surface area (Å²) in [6.45, 7) is 2.80. The number of nitrogens with zero attached hydrogens (tertiary/aromatic N) is 3. The number of amides is 1. The van der Waals surface area contributed by atoms with Crippen molar-refractivity contribution in [2.45, 2.75) is 25.9 Å². The van der Waals surface area contributed by atoms with E-state index in [1.165, 1.54) is 4.68 Å². The van der Waals surface area contributed by atoms with Crippen molar-refractivity contribution in [1.29, 1.82) is 0 Å². The van der Waals surface area contributed by atoms with Crippen LogP contribution in [0.4, 0.5) is 0 Å². The van der Waals surface area contributed by atoms with Crippen LogP contribution in [0.5, 0.6) is 0 Å². The third-order valence-electron chi connectivity index (χ3n) is 5.14. The highest BCUT2D eigenvalue weighted by molar-refractivity contribution is 5.83. The number of ether oxygens (including phenoxy) is 1. The van der Waals surface area contributed by atoms with E-state index >= 15 is 0 Å². The number of benzene rings is 1. The Kier molecular flexibility index (Phi) is 5.16.